The van der Waals surface area contributed by atoms with Gasteiger partial charge in [0.15, 0.2) is 0 Å². The summed E-state index contributed by atoms with van der Waals surface area (Å²) < 4.78 is 34.1. The van der Waals surface area contributed by atoms with E-state index in [1.165, 1.54) is 3.97 Å². The van der Waals surface area contributed by atoms with E-state index in [2.05, 4.69) is 0 Å². The first-order valence-corrected chi connectivity index (χ1v) is 11.6. The highest BCUT2D eigenvalue weighted by atomic mass is 35.5. The highest BCUT2D eigenvalue weighted by molar-refractivity contribution is 7.90. The fraction of sp³-hybridized carbons (Fsp3) is 0.167. The van der Waals surface area contributed by atoms with Crippen molar-refractivity contribution < 1.29 is 13.2 Å². The predicted octanol–water partition coefficient (Wildman–Crippen LogP) is 6.06. The summed E-state index contributed by atoms with van der Waals surface area (Å²) in [6.45, 7) is 2.41. The predicted molar refractivity (Wildman–Crippen MR) is 121 cm³/mol. The van der Waals surface area contributed by atoms with Crippen LogP contribution in [0.4, 0.5) is 0 Å². The van der Waals surface area contributed by atoms with E-state index in [0.29, 0.717) is 40.4 Å². The van der Waals surface area contributed by atoms with Gasteiger partial charge < -0.3 is 4.74 Å². The second-order valence-electron chi connectivity index (χ2n) is 7.05. The number of rotatable bonds is 7. The molecule has 4 nitrogen and oxygen atoms in total. The molecule has 0 aliphatic rings. The minimum atomic E-state index is -3.74. The SMILES string of the molecule is CCCc1cc2c(Cl)c(OCc3ccccc3)ccc2n1S(=O)(=O)c1ccccc1. The molecule has 1 aromatic heterocycles. The van der Waals surface area contributed by atoms with Crippen LogP contribution in [0.5, 0.6) is 5.75 Å². The van der Waals surface area contributed by atoms with Crippen molar-refractivity contribution in [1.82, 2.24) is 3.97 Å². The van der Waals surface area contributed by atoms with Crippen molar-refractivity contribution in [3.05, 3.63) is 95.1 Å². The molecule has 0 saturated heterocycles. The number of aryl methyl sites for hydroxylation is 1. The molecule has 6 heteroatoms. The first-order valence-electron chi connectivity index (χ1n) is 9.82. The molecule has 0 bridgehead atoms. The molecule has 0 unspecified atom stereocenters. The molecule has 154 valence electrons. The average molecular weight is 440 g/mol. The van der Waals surface area contributed by atoms with E-state index in [0.717, 1.165) is 12.0 Å². The van der Waals surface area contributed by atoms with E-state index < -0.39 is 10.0 Å². The van der Waals surface area contributed by atoms with Crippen molar-refractivity contribution in [2.75, 3.05) is 0 Å². The zero-order valence-electron chi connectivity index (χ0n) is 16.6. The lowest BCUT2D eigenvalue weighted by molar-refractivity contribution is 0.307. The smallest absolute Gasteiger partial charge is 0.268 e. The highest BCUT2D eigenvalue weighted by Crippen LogP contribution is 2.37. The van der Waals surface area contributed by atoms with Crippen LogP contribution >= 0.6 is 11.6 Å². The van der Waals surface area contributed by atoms with Gasteiger partial charge in [-0.2, -0.15) is 0 Å². The van der Waals surface area contributed by atoms with Crippen LogP contribution in [0.15, 0.2) is 83.8 Å². The summed E-state index contributed by atoms with van der Waals surface area (Å²) in [5.41, 5.74) is 2.29. The largest absolute Gasteiger partial charge is 0.487 e. The number of benzene rings is 3. The minimum Gasteiger partial charge on any atom is -0.487 e. The van der Waals surface area contributed by atoms with Crippen LogP contribution in [-0.2, 0) is 23.1 Å². The normalized spacial score (nSPS) is 11.7. The molecule has 4 rings (SSSR count). The molecule has 0 N–H and O–H groups in total. The second-order valence-corrected chi connectivity index (χ2v) is 9.22. The van der Waals surface area contributed by atoms with Crippen LogP contribution in [-0.4, -0.2) is 12.4 Å². The second kappa shape index (κ2) is 8.54. The molecule has 0 aliphatic heterocycles. The van der Waals surface area contributed by atoms with Crippen molar-refractivity contribution in [1.29, 1.82) is 0 Å². The van der Waals surface area contributed by atoms with Gasteiger partial charge in [-0.05, 0) is 42.3 Å². The number of hydrogen-bond acceptors (Lipinski definition) is 3. The molecule has 30 heavy (non-hydrogen) atoms. The Morgan fingerprint density at radius 2 is 1.60 bits per heavy atom. The van der Waals surface area contributed by atoms with E-state index in [1.54, 1.807) is 42.5 Å². The minimum absolute atomic E-state index is 0.250. The molecular formula is C24H22ClNO3S. The zero-order chi connectivity index (χ0) is 21.1. The standard InChI is InChI=1S/C24H22ClNO3S/c1-2-9-19-16-21-22(26(19)30(27,28)20-12-7-4-8-13-20)14-15-23(24(21)25)29-17-18-10-5-3-6-11-18/h3-8,10-16H,2,9,17H2,1H3. The Labute approximate surface area is 181 Å². The van der Waals surface area contributed by atoms with Gasteiger partial charge in [0.1, 0.15) is 12.4 Å². The molecule has 0 fully saturated rings. The number of hydrogen-bond donors (Lipinski definition) is 0. The topological polar surface area (TPSA) is 48.3 Å². The first kappa shape index (κ1) is 20.5. The number of halogens is 1. The van der Waals surface area contributed by atoms with Crippen LogP contribution in [0.25, 0.3) is 10.9 Å². The summed E-state index contributed by atoms with van der Waals surface area (Å²) in [6.07, 6.45) is 1.44. The Balaban J connectivity index is 1.80. The third kappa shape index (κ3) is 3.83. The van der Waals surface area contributed by atoms with Crippen molar-refractivity contribution in [2.45, 2.75) is 31.3 Å². The van der Waals surface area contributed by atoms with Gasteiger partial charge in [-0.25, -0.2) is 12.4 Å². The monoisotopic (exact) mass is 439 g/mol. The molecule has 0 spiro atoms. The van der Waals surface area contributed by atoms with Crippen LogP contribution < -0.4 is 4.74 Å². The van der Waals surface area contributed by atoms with Gasteiger partial charge in [-0.15, -0.1) is 0 Å². The lowest BCUT2D eigenvalue weighted by Crippen LogP contribution is -2.15. The van der Waals surface area contributed by atoms with Crippen LogP contribution in [0.3, 0.4) is 0 Å². The maximum absolute atomic E-state index is 13.4. The Kier molecular flexibility index (Phi) is 5.84. The molecule has 0 aliphatic carbocycles. The molecule has 0 atom stereocenters. The Bertz CT molecular complexity index is 1270. The van der Waals surface area contributed by atoms with Crippen LogP contribution in [0.2, 0.25) is 5.02 Å². The quantitative estimate of drug-likeness (QED) is 0.351. The lowest BCUT2D eigenvalue weighted by atomic mass is 10.2. The van der Waals surface area contributed by atoms with E-state index in [-0.39, 0.29) is 4.90 Å². The molecule has 4 aromatic rings. The van der Waals surface area contributed by atoms with Crippen LogP contribution in [0, 0.1) is 0 Å². The zero-order valence-corrected chi connectivity index (χ0v) is 18.2. The van der Waals surface area contributed by atoms with Crippen molar-refractivity contribution >= 4 is 32.5 Å². The summed E-state index contributed by atoms with van der Waals surface area (Å²) in [7, 11) is -3.74. The summed E-state index contributed by atoms with van der Waals surface area (Å²) in [5, 5.41) is 1.09. The van der Waals surface area contributed by atoms with Crippen molar-refractivity contribution in [2.24, 2.45) is 0 Å². The fourth-order valence-corrected chi connectivity index (χ4v) is 5.37. The van der Waals surface area contributed by atoms with Gasteiger partial charge in [0.25, 0.3) is 10.0 Å². The highest BCUT2D eigenvalue weighted by Gasteiger charge is 2.24. The third-order valence-corrected chi connectivity index (χ3v) is 7.11. The summed E-state index contributed by atoms with van der Waals surface area (Å²) in [6, 6.07) is 23.6. The Morgan fingerprint density at radius 1 is 0.933 bits per heavy atom. The maximum Gasteiger partial charge on any atom is 0.268 e. The van der Waals surface area contributed by atoms with E-state index in [9.17, 15) is 8.42 Å². The lowest BCUT2D eigenvalue weighted by Gasteiger charge is -2.13. The van der Waals surface area contributed by atoms with E-state index >= 15 is 0 Å². The van der Waals surface area contributed by atoms with Gasteiger partial charge >= 0.3 is 0 Å². The number of ether oxygens (including phenoxy) is 1. The summed E-state index contributed by atoms with van der Waals surface area (Å²) in [4.78, 5) is 0.250. The molecular weight excluding hydrogens is 418 g/mol. The number of nitrogens with zero attached hydrogens (tertiary/aromatic N) is 1. The van der Waals surface area contributed by atoms with Gasteiger partial charge in [0.2, 0.25) is 0 Å². The molecule has 0 radical (unpaired) electrons. The van der Waals surface area contributed by atoms with Gasteiger partial charge in [0, 0.05) is 11.1 Å². The Hall–Kier alpha value is -2.76. The van der Waals surface area contributed by atoms with Gasteiger partial charge in [-0.3, -0.25) is 0 Å². The number of aromatic nitrogens is 1. The van der Waals surface area contributed by atoms with Gasteiger partial charge in [-0.1, -0.05) is 73.5 Å². The third-order valence-electron chi connectivity index (χ3n) is 4.94. The summed E-state index contributed by atoms with van der Waals surface area (Å²) >= 11 is 6.66. The van der Waals surface area contributed by atoms with E-state index in [1.807, 2.05) is 43.3 Å². The summed E-state index contributed by atoms with van der Waals surface area (Å²) in [5.74, 6) is 0.533. The molecule has 0 saturated carbocycles. The van der Waals surface area contributed by atoms with Crippen molar-refractivity contribution in [3.8, 4) is 5.75 Å². The number of fused-ring (bicyclic) bond motifs is 1. The fourth-order valence-electron chi connectivity index (χ4n) is 3.52. The van der Waals surface area contributed by atoms with Crippen molar-refractivity contribution in [3.63, 3.8) is 0 Å². The maximum atomic E-state index is 13.4. The molecule has 3 aromatic carbocycles. The first-order chi connectivity index (χ1) is 14.5. The van der Waals surface area contributed by atoms with Crippen LogP contribution in [0.1, 0.15) is 24.6 Å². The molecule has 0 amide bonds. The molecule has 1 heterocycles. The van der Waals surface area contributed by atoms with E-state index in [4.69, 9.17) is 16.3 Å². The van der Waals surface area contributed by atoms with Gasteiger partial charge in [0.05, 0.1) is 15.4 Å². The Morgan fingerprint density at radius 3 is 2.27 bits per heavy atom. The average Bonchev–Trinajstić information content (AvgIpc) is 3.15.